The highest BCUT2D eigenvalue weighted by atomic mass is 31.2. The summed E-state index contributed by atoms with van der Waals surface area (Å²) in [7, 11) is 1.44. The predicted octanol–water partition coefficient (Wildman–Crippen LogP) is 9.18. The van der Waals surface area contributed by atoms with Crippen LogP contribution in [0, 0.1) is 0 Å². The van der Waals surface area contributed by atoms with Crippen LogP contribution in [0.15, 0.2) is 48.6 Å². The Kier molecular flexibility index (Phi) is 28.8. The third-order valence-electron chi connectivity index (χ3n) is 7.12. The molecule has 0 saturated heterocycles. The van der Waals surface area contributed by atoms with Crippen molar-refractivity contribution in [3.63, 3.8) is 0 Å². The Morgan fingerprint density at radius 3 is 1.81 bits per heavy atom. The molecular weight excluding hydrogens is 617 g/mol. The smallest absolute Gasteiger partial charge is 0.462 e. The first-order valence-electron chi connectivity index (χ1n) is 17.9. The highest BCUT2D eigenvalue weighted by Gasteiger charge is 2.27. The van der Waals surface area contributed by atoms with Gasteiger partial charge in [0.15, 0.2) is 6.10 Å². The van der Waals surface area contributed by atoms with Crippen molar-refractivity contribution in [3.8, 4) is 0 Å². The van der Waals surface area contributed by atoms with Crippen molar-refractivity contribution in [3.05, 3.63) is 48.6 Å². The summed E-state index contributed by atoms with van der Waals surface area (Å²) in [6.07, 6.45) is 31.8. The number of esters is 2. The molecule has 2 atom stereocenters. The Morgan fingerprint density at radius 1 is 0.681 bits per heavy atom. The van der Waals surface area contributed by atoms with Gasteiger partial charge in [0.1, 0.15) is 19.8 Å². The zero-order chi connectivity index (χ0) is 35.1. The lowest BCUT2D eigenvalue weighted by Gasteiger charge is -2.24. The fourth-order valence-corrected chi connectivity index (χ4v) is 5.04. The SMILES string of the molecule is CC/C=C\C/C=C\C/C=C\C/C=C\CCCCC(=O)OC(COC(=O)CCCCCCCCCC)COP(=O)(O)OCC[N+](C)(C)C. The third kappa shape index (κ3) is 33.7. The van der Waals surface area contributed by atoms with Crippen LogP contribution in [0.2, 0.25) is 0 Å². The van der Waals surface area contributed by atoms with E-state index in [-0.39, 0.29) is 32.0 Å². The quantitative estimate of drug-likeness (QED) is 0.0253. The van der Waals surface area contributed by atoms with Gasteiger partial charge in [0.2, 0.25) is 0 Å². The highest BCUT2D eigenvalue weighted by Crippen LogP contribution is 2.43. The first kappa shape index (κ1) is 45.0. The van der Waals surface area contributed by atoms with Gasteiger partial charge in [0, 0.05) is 12.8 Å². The van der Waals surface area contributed by atoms with Gasteiger partial charge in [-0.25, -0.2) is 4.57 Å². The molecule has 0 aromatic carbocycles. The number of ether oxygens (including phenoxy) is 2. The maximum absolute atomic E-state index is 12.6. The number of nitrogens with zero attached hydrogens (tertiary/aromatic N) is 1. The minimum atomic E-state index is -4.37. The van der Waals surface area contributed by atoms with Crippen molar-refractivity contribution >= 4 is 19.8 Å². The Labute approximate surface area is 286 Å². The molecule has 0 radical (unpaired) electrons. The average Bonchev–Trinajstić information content (AvgIpc) is 3.01. The van der Waals surface area contributed by atoms with E-state index in [1.165, 1.54) is 32.1 Å². The third-order valence-corrected chi connectivity index (χ3v) is 8.11. The molecule has 0 fully saturated rings. The van der Waals surface area contributed by atoms with Crippen LogP contribution >= 0.6 is 7.82 Å². The van der Waals surface area contributed by atoms with Gasteiger partial charge in [-0.2, -0.15) is 0 Å². The van der Waals surface area contributed by atoms with Gasteiger partial charge in [0.05, 0.1) is 27.7 Å². The zero-order valence-corrected chi connectivity index (χ0v) is 31.1. The van der Waals surface area contributed by atoms with Gasteiger partial charge in [-0.1, -0.05) is 107 Å². The summed E-state index contributed by atoms with van der Waals surface area (Å²) in [5.41, 5.74) is 0. The number of allylic oxidation sites excluding steroid dienone is 8. The molecule has 2 unspecified atom stereocenters. The summed E-state index contributed by atoms with van der Waals surface area (Å²) in [5.74, 6) is -0.858. The molecule has 0 heterocycles. The lowest BCUT2D eigenvalue weighted by atomic mass is 10.1. The van der Waals surface area contributed by atoms with Gasteiger partial charge in [-0.15, -0.1) is 0 Å². The summed E-state index contributed by atoms with van der Waals surface area (Å²) in [4.78, 5) is 35.0. The summed E-state index contributed by atoms with van der Waals surface area (Å²) in [5, 5.41) is 0. The number of phosphoric acid groups is 1. The minimum Gasteiger partial charge on any atom is -0.462 e. The van der Waals surface area contributed by atoms with Crippen molar-refractivity contribution in [1.82, 2.24) is 0 Å². The zero-order valence-electron chi connectivity index (χ0n) is 30.2. The fraction of sp³-hybridized carbons (Fsp3) is 0.730. The molecule has 0 aliphatic heterocycles. The number of phosphoric ester groups is 1. The Bertz CT molecular complexity index is 954. The van der Waals surface area contributed by atoms with E-state index in [9.17, 15) is 19.0 Å². The van der Waals surface area contributed by atoms with Crippen molar-refractivity contribution in [2.75, 3.05) is 47.5 Å². The Balaban J connectivity index is 4.55. The van der Waals surface area contributed by atoms with E-state index in [0.29, 0.717) is 17.4 Å². The summed E-state index contributed by atoms with van der Waals surface area (Å²) in [6.45, 7) is 4.19. The van der Waals surface area contributed by atoms with Gasteiger partial charge < -0.3 is 18.9 Å². The number of carbonyl (C=O) groups excluding carboxylic acids is 2. The molecular formula is C37H67NO8P+. The summed E-state index contributed by atoms with van der Waals surface area (Å²) >= 11 is 0. The predicted molar refractivity (Wildman–Crippen MR) is 192 cm³/mol. The summed E-state index contributed by atoms with van der Waals surface area (Å²) < 4.78 is 34.0. The summed E-state index contributed by atoms with van der Waals surface area (Å²) in [6, 6.07) is 0. The van der Waals surface area contributed by atoms with E-state index < -0.39 is 26.5 Å². The number of unbranched alkanes of at least 4 members (excludes halogenated alkanes) is 9. The van der Waals surface area contributed by atoms with Crippen molar-refractivity contribution in [2.24, 2.45) is 0 Å². The standard InChI is InChI=1S/C37H66NO8P/c1-6-8-10-12-14-16-17-18-19-20-21-22-24-26-28-30-37(40)46-35(34-45-47(41,42)44-32-31-38(3,4)5)33-43-36(39)29-27-25-23-15-13-11-9-7-2/h8,10,14,16,18-19,21-22,35H,6-7,9,11-13,15,17,20,23-34H2,1-5H3/p+1/b10-8-,16-14-,19-18-,22-21-. The van der Waals surface area contributed by atoms with Crippen molar-refractivity contribution in [2.45, 2.75) is 129 Å². The van der Waals surface area contributed by atoms with Crippen LogP contribution in [0.1, 0.15) is 123 Å². The molecule has 0 amide bonds. The molecule has 0 aliphatic rings. The van der Waals surface area contributed by atoms with Gasteiger partial charge in [-0.3, -0.25) is 18.6 Å². The van der Waals surface area contributed by atoms with Gasteiger partial charge in [-0.05, 0) is 51.4 Å². The van der Waals surface area contributed by atoms with Crippen molar-refractivity contribution < 1.29 is 42.1 Å². The number of quaternary nitrogens is 1. The normalized spacial score (nSPS) is 14.4. The maximum Gasteiger partial charge on any atom is 0.472 e. The minimum absolute atomic E-state index is 0.0224. The topological polar surface area (TPSA) is 108 Å². The van der Waals surface area contributed by atoms with Gasteiger partial charge in [0.25, 0.3) is 0 Å². The van der Waals surface area contributed by atoms with E-state index in [2.05, 4.69) is 62.5 Å². The van der Waals surface area contributed by atoms with Crippen LogP contribution in [0.5, 0.6) is 0 Å². The number of hydrogen-bond acceptors (Lipinski definition) is 7. The molecule has 0 saturated carbocycles. The second kappa shape index (κ2) is 30.1. The van der Waals surface area contributed by atoms with E-state index in [1.54, 1.807) is 0 Å². The highest BCUT2D eigenvalue weighted by molar-refractivity contribution is 7.47. The van der Waals surface area contributed by atoms with E-state index >= 15 is 0 Å². The molecule has 0 aromatic heterocycles. The maximum atomic E-state index is 12.6. The number of carbonyl (C=O) groups is 2. The average molecular weight is 685 g/mol. The van der Waals surface area contributed by atoms with Crippen LogP contribution in [0.25, 0.3) is 0 Å². The fourth-order valence-electron chi connectivity index (χ4n) is 4.30. The van der Waals surface area contributed by atoms with Crippen molar-refractivity contribution in [1.29, 1.82) is 0 Å². The molecule has 272 valence electrons. The van der Waals surface area contributed by atoms with E-state index in [1.807, 2.05) is 21.1 Å². The largest absolute Gasteiger partial charge is 0.472 e. The Morgan fingerprint density at radius 2 is 1.21 bits per heavy atom. The first-order valence-corrected chi connectivity index (χ1v) is 19.4. The van der Waals surface area contributed by atoms with Crippen LogP contribution < -0.4 is 0 Å². The molecule has 0 aromatic rings. The van der Waals surface area contributed by atoms with Gasteiger partial charge >= 0.3 is 19.8 Å². The van der Waals surface area contributed by atoms with Crippen LogP contribution in [0.4, 0.5) is 0 Å². The second-order valence-electron chi connectivity index (χ2n) is 12.9. The molecule has 0 rings (SSSR count). The lowest BCUT2D eigenvalue weighted by molar-refractivity contribution is -0.870. The first-order chi connectivity index (χ1) is 22.5. The Hall–Kier alpha value is -2.03. The van der Waals surface area contributed by atoms with Crippen LogP contribution in [-0.4, -0.2) is 74.9 Å². The number of hydrogen-bond donors (Lipinski definition) is 1. The van der Waals surface area contributed by atoms with Crippen LogP contribution in [0.3, 0.4) is 0 Å². The molecule has 0 spiro atoms. The second-order valence-corrected chi connectivity index (χ2v) is 14.3. The molecule has 0 bridgehead atoms. The van der Waals surface area contributed by atoms with Crippen LogP contribution in [-0.2, 0) is 32.7 Å². The lowest BCUT2D eigenvalue weighted by Crippen LogP contribution is -2.37. The number of rotatable bonds is 31. The molecule has 0 aliphatic carbocycles. The monoisotopic (exact) mass is 684 g/mol. The van der Waals surface area contributed by atoms with E-state index in [4.69, 9.17) is 18.5 Å². The molecule has 9 nitrogen and oxygen atoms in total. The molecule has 47 heavy (non-hydrogen) atoms. The molecule has 10 heteroatoms. The van der Waals surface area contributed by atoms with E-state index in [0.717, 1.165) is 57.8 Å². The molecule has 1 N–H and O–H groups in total. The number of likely N-dealkylation sites (N-methyl/N-ethyl adjacent to an activating group) is 1.